The molecule has 0 aliphatic rings. The zero-order chi connectivity index (χ0) is 26.8. The summed E-state index contributed by atoms with van der Waals surface area (Å²) >= 11 is 11.1. The minimum absolute atomic E-state index is 0.0689. The first kappa shape index (κ1) is 31.3. The lowest BCUT2D eigenvalue weighted by atomic mass is 10.2. The molecule has 34 heavy (non-hydrogen) atoms. The third kappa shape index (κ3) is 8.13. The SMILES string of the molecule is O=P(O)(O)C(Cl)(c1ccc(Cl)cc1)P(=O)(O)O.O=P(O)(O)C(Nc1ccc(O)cc1)P(=O)(O)O. The van der Waals surface area contributed by atoms with Crippen molar-refractivity contribution in [3.63, 3.8) is 0 Å². The number of aromatic hydroxyl groups is 1. The average Bonchev–Trinajstić information content (AvgIpc) is 2.64. The van der Waals surface area contributed by atoms with Gasteiger partial charge in [0.2, 0.25) is 5.52 Å². The predicted molar refractivity (Wildman–Crippen MR) is 123 cm³/mol. The Morgan fingerprint density at radius 2 is 1.09 bits per heavy atom. The molecule has 2 rings (SSSR count). The summed E-state index contributed by atoms with van der Waals surface area (Å²) in [4.78, 5) is 71.5. The van der Waals surface area contributed by atoms with E-state index in [-0.39, 0.29) is 16.5 Å². The van der Waals surface area contributed by atoms with Crippen molar-refractivity contribution in [2.24, 2.45) is 0 Å². The van der Waals surface area contributed by atoms with Gasteiger partial charge in [-0.2, -0.15) is 0 Å². The highest BCUT2D eigenvalue weighted by Gasteiger charge is 2.60. The lowest BCUT2D eigenvalue weighted by Crippen LogP contribution is -2.19. The van der Waals surface area contributed by atoms with Crippen molar-refractivity contribution in [1.29, 1.82) is 0 Å². The van der Waals surface area contributed by atoms with Crippen LogP contribution in [0.25, 0.3) is 0 Å². The number of hydrogen-bond donors (Lipinski definition) is 10. The minimum atomic E-state index is -5.29. The Morgan fingerprint density at radius 3 is 1.41 bits per heavy atom. The summed E-state index contributed by atoms with van der Waals surface area (Å²) in [5.74, 6) is -0.0838. The third-order valence-corrected chi connectivity index (χ3v) is 12.5. The maximum Gasteiger partial charge on any atom is 0.363 e. The van der Waals surface area contributed by atoms with Crippen molar-refractivity contribution in [1.82, 2.24) is 0 Å². The molecule has 192 valence electrons. The summed E-state index contributed by atoms with van der Waals surface area (Å²) in [6.07, 6.45) is 0. The van der Waals surface area contributed by atoms with Crippen molar-refractivity contribution < 1.29 is 62.5 Å². The molecule has 0 heterocycles. The number of alkyl halides is 1. The number of anilines is 1. The molecule has 0 aliphatic carbocycles. The molecule has 0 bridgehead atoms. The Bertz CT molecular complexity index is 1130. The summed E-state index contributed by atoms with van der Waals surface area (Å²) in [7, 11) is -20.6. The molecule has 0 saturated heterocycles. The normalized spacial score (nSPS) is 13.3. The van der Waals surface area contributed by atoms with Gasteiger partial charge in [0, 0.05) is 10.7 Å². The molecule has 20 heteroatoms. The van der Waals surface area contributed by atoms with Crippen molar-refractivity contribution in [3.8, 4) is 5.75 Å². The third-order valence-electron chi connectivity index (χ3n) is 3.78. The molecule has 0 amide bonds. The molecular formula is C14H19Cl2NO13P4. The molecule has 0 aliphatic heterocycles. The predicted octanol–water partition coefficient (Wildman–Crippen LogP) is 2.49. The van der Waals surface area contributed by atoms with E-state index in [1.165, 1.54) is 36.4 Å². The van der Waals surface area contributed by atoms with Crippen molar-refractivity contribution in [2.45, 2.75) is 9.88 Å². The molecule has 10 N–H and O–H groups in total. The second-order valence-electron chi connectivity index (χ2n) is 6.43. The van der Waals surface area contributed by atoms with Crippen molar-refractivity contribution in [2.75, 3.05) is 5.32 Å². The van der Waals surface area contributed by atoms with Gasteiger partial charge < -0.3 is 49.6 Å². The Kier molecular flexibility index (Phi) is 10.2. The largest absolute Gasteiger partial charge is 0.508 e. The van der Waals surface area contributed by atoms with Gasteiger partial charge in [-0.1, -0.05) is 35.3 Å². The van der Waals surface area contributed by atoms with Crippen LogP contribution in [-0.2, 0) is 22.6 Å². The van der Waals surface area contributed by atoms with E-state index < -0.39 is 45.8 Å². The molecule has 2 aromatic rings. The maximum atomic E-state index is 11.2. The molecule has 0 radical (unpaired) electrons. The Labute approximate surface area is 201 Å². The molecule has 0 atom stereocenters. The molecule has 0 unspecified atom stereocenters. The van der Waals surface area contributed by atoms with Crippen LogP contribution in [-0.4, -0.2) is 49.8 Å². The molecule has 0 saturated carbocycles. The van der Waals surface area contributed by atoms with E-state index in [1.807, 2.05) is 5.32 Å². The van der Waals surface area contributed by atoms with E-state index in [4.69, 9.17) is 67.5 Å². The fourth-order valence-corrected chi connectivity index (χ4v) is 7.02. The Balaban J connectivity index is 0.000000340. The van der Waals surface area contributed by atoms with E-state index in [2.05, 4.69) is 0 Å². The van der Waals surface area contributed by atoms with Gasteiger partial charge in [-0.3, -0.25) is 18.3 Å². The van der Waals surface area contributed by atoms with Gasteiger partial charge in [0.25, 0.3) is 4.36 Å². The summed E-state index contributed by atoms with van der Waals surface area (Å²) in [6.45, 7) is 0. The first-order valence-corrected chi connectivity index (χ1v) is 15.7. The zero-order valence-electron chi connectivity index (χ0n) is 16.4. The summed E-state index contributed by atoms with van der Waals surface area (Å²) in [5.41, 5.74) is -2.63. The van der Waals surface area contributed by atoms with Crippen molar-refractivity contribution >= 4 is 59.3 Å². The van der Waals surface area contributed by atoms with Gasteiger partial charge in [0.15, 0.2) is 0 Å². The maximum absolute atomic E-state index is 11.2. The first-order chi connectivity index (χ1) is 15.1. The lowest BCUT2D eigenvalue weighted by Gasteiger charge is -2.28. The minimum Gasteiger partial charge on any atom is -0.508 e. The molecule has 0 spiro atoms. The lowest BCUT2D eigenvalue weighted by molar-refractivity contribution is 0.330. The molecule has 0 fully saturated rings. The number of phenols is 1. The van der Waals surface area contributed by atoms with Crippen LogP contribution in [0.2, 0.25) is 5.02 Å². The van der Waals surface area contributed by atoms with Crippen LogP contribution in [0, 0.1) is 0 Å². The van der Waals surface area contributed by atoms with Crippen LogP contribution >= 0.6 is 53.6 Å². The van der Waals surface area contributed by atoms with Crippen LogP contribution in [0.3, 0.4) is 0 Å². The number of nitrogens with one attached hydrogen (secondary N) is 1. The Morgan fingerprint density at radius 1 is 0.706 bits per heavy atom. The van der Waals surface area contributed by atoms with Crippen LogP contribution in [0.4, 0.5) is 5.69 Å². The van der Waals surface area contributed by atoms with Gasteiger partial charge in [-0.25, -0.2) is 0 Å². The van der Waals surface area contributed by atoms with Crippen molar-refractivity contribution in [3.05, 3.63) is 59.1 Å². The van der Waals surface area contributed by atoms with Crippen LogP contribution < -0.4 is 5.32 Å². The summed E-state index contributed by atoms with van der Waals surface area (Å²) < 4.78 is 41.2. The second kappa shape index (κ2) is 11.1. The van der Waals surface area contributed by atoms with E-state index in [1.54, 1.807) is 0 Å². The fourth-order valence-electron chi connectivity index (χ4n) is 2.24. The highest BCUT2D eigenvalue weighted by Crippen LogP contribution is 2.76. The number of phenolic OH excluding ortho intramolecular Hbond substituents is 1. The van der Waals surface area contributed by atoms with E-state index in [9.17, 15) is 18.3 Å². The molecule has 0 aromatic heterocycles. The molecule has 14 nitrogen and oxygen atoms in total. The van der Waals surface area contributed by atoms with E-state index in [0.717, 1.165) is 12.1 Å². The van der Waals surface area contributed by atoms with Crippen LogP contribution in [0.15, 0.2) is 48.5 Å². The first-order valence-electron chi connectivity index (χ1n) is 8.33. The molecular weight excluding hydrogens is 585 g/mol. The van der Waals surface area contributed by atoms with Gasteiger partial charge in [-0.05, 0) is 42.0 Å². The molecule has 2 aromatic carbocycles. The highest BCUT2D eigenvalue weighted by atomic mass is 35.5. The monoisotopic (exact) mass is 603 g/mol. The fraction of sp³-hybridized carbons (Fsp3) is 0.143. The van der Waals surface area contributed by atoms with Crippen LogP contribution in [0.5, 0.6) is 5.75 Å². The average molecular weight is 604 g/mol. The smallest absolute Gasteiger partial charge is 0.363 e. The van der Waals surface area contributed by atoms with Gasteiger partial charge in [0.05, 0.1) is 0 Å². The topological polar surface area (TPSA) is 262 Å². The Hall–Kier alpha value is -0.780. The summed E-state index contributed by atoms with van der Waals surface area (Å²) in [5, 5.41) is 11.3. The standard InChI is InChI=1S/C7H8Cl2O6P2.C7H11NO7P2/c8-6-3-1-5(2-4-6)7(9,16(10,11)12)17(13,14)15;9-6-3-1-5(2-4-6)8-7(16(10,11)12)17(13,14)15/h1-4H,(H2,10,11,12)(H2,13,14,15);1-4,7-9H,(H2,10,11,12)(H2,13,14,15). The zero-order valence-corrected chi connectivity index (χ0v) is 21.5. The van der Waals surface area contributed by atoms with Gasteiger partial charge >= 0.3 is 30.4 Å². The van der Waals surface area contributed by atoms with E-state index in [0.29, 0.717) is 0 Å². The number of benzene rings is 2. The van der Waals surface area contributed by atoms with Crippen LogP contribution in [0.1, 0.15) is 5.56 Å². The highest BCUT2D eigenvalue weighted by molar-refractivity contribution is 7.74. The van der Waals surface area contributed by atoms with E-state index >= 15 is 0 Å². The number of hydrogen-bond acceptors (Lipinski definition) is 6. The second-order valence-corrected chi connectivity index (χ2v) is 15.6. The number of rotatable bonds is 7. The number of halogens is 2. The van der Waals surface area contributed by atoms with Gasteiger partial charge in [-0.15, -0.1) is 0 Å². The quantitative estimate of drug-likeness (QED) is 0.124. The summed E-state index contributed by atoms with van der Waals surface area (Å²) in [6, 6.07) is 9.42. The van der Waals surface area contributed by atoms with Gasteiger partial charge in [0.1, 0.15) is 5.75 Å².